The lowest BCUT2D eigenvalue weighted by atomic mass is 10.0. The Balaban J connectivity index is 2.32. The molecule has 0 spiro atoms. The molecule has 2 rings (SSSR count). The Hall–Kier alpha value is -2.60. The topological polar surface area (TPSA) is 72.5 Å². The molecule has 5 nitrogen and oxygen atoms in total. The van der Waals surface area contributed by atoms with E-state index in [1.54, 1.807) is 25.1 Å². The van der Waals surface area contributed by atoms with Crippen LogP contribution in [0.1, 0.15) is 41.3 Å². The van der Waals surface area contributed by atoms with Crippen molar-refractivity contribution in [1.29, 1.82) is 0 Å². The Labute approximate surface area is 154 Å². The monoisotopic (exact) mass is 373 g/mol. The van der Waals surface area contributed by atoms with Gasteiger partial charge in [0, 0.05) is 12.1 Å². The Kier molecular flexibility index (Phi) is 6.21. The molecule has 0 bridgehead atoms. The Morgan fingerprint density at radius 2 is 1.96 bits per heavy atom. The molecule has 0 saturated carbocycles. The summed E-state index contributed by atoms with van der Waals surface area (Å²) in [4.78, 5) is 11.9. The van der Waals surface area contributed by atoms with Gasteiger partial charge in [0.25, 0.3) is 5.91 Å². The zero-order chi connectivity index (χ0) is 19.3. The minimum absolute atomic E-state index is 0.0712. The van der Waals surface area contributed by atoms with Gasteiger partial charge < -0.3 is 9.50 Å². The average Bonchev–Trinajstić information content (AvgIpc) is 2.61. The van der Waals surface area contributed by atoms with E-state index in [9.17, 15) is 13.2 Å². The second kappa shape index (κ2) is 8.19. The summed E-state index contributed by atoms with van der Waals surface area (Å²) in [5.41, 5.74) is 1.94. The summed E-state index contributed by atoms with van der Waals surface area (Å²) in [6, 6.07) is 11.3. The van der Waals surface area contributed by atoms with E-state index in [4.69, 9.17) is 4.18 Å². The van der Waals surface area contributed by atoms with Gasteiger partial charge in [0.2, 0.25) is 0 Å². The van der Waals surface area contributed by atoms with Crippen molar-refractivity contribution in [3.8, 4) is 5.75 Å². The lowest BCUT2D eigenvalue weighted by molar-refractivity contribution is 0.0958. The van der Waals surface area contributed by atoms with Crippen molar-refractivity contribution in [2.75, 3.05) is 6.54 Å². The van der Waals surface area contributed by atoms with Crippen molar-refractivity contribution in [3.05, 3.63) is 71.8 Å². The third kappa shape index (κ3) is 4.73. The Morgan fingerprint density at radius 1 is 1.23 bits per heavy atom. The van der Waals surface area contributed by atoms with Crippen LogP contribution in [-0.4, -0.2) is 20.9 Å². The SMILES string of the molecule is C=CCNC(=O)c1cccc(S(=O)(=O)Oc2cc(C(C)C)ccc2C)c1. The third-order valence-corrected chi connectivity index (χ3v) is 5.10. The van der Waals surface area contributed by atoms with Gasteiger partial charge in [-0.3, -0.25) is 4.79 Å². The van der Waals surface area contributed by atoms with E-state index in [2.05, 4.69) is 11.9 Å². The molecule has 0 fully saturated rings. The number of amides is 1. The van der Waals surface area contributed by atoms with Crippen LogP contribution in [0.2, 0.25) is 0 Å². The van der Waals surface area contributed by atoms with Crippen molar-refractivity contribution < 1.29 is 17.4 Å². The Bertz CT molecular complexity index is 917. The van der Waals surface area contributed by atoms with Gasteiger partial charge in [-0.1, -0.05) is 38.1 Å². The van der Waals surface area contributed by atoms with Crippen molar-refractivity contribution in [2.45, 2.75) is 31.6 Å². The molecule has 0 aliphatic heterocycles. The van der Waals surface area contributed by atoms with Gasteiger partial charge >= 0.3 is 10.1 Å². The smallest absolute Gasteiger partial charge is 0.339 e. The first-order chi connectivity index (χ1) is 12.2. The van der Waals surface area contributed by atoms with Crippen LogP contribution >= 0.6 is 0 Å². The van der Waals surface area contributed by atoms with Gasteiger partial charge in [-0.05, 0) is 48.2 Å². The highest BCUT2D eigenvalue weighted by Gasteiger charge is 2.20. The summed E-state index contributed by atoms with van der Waals surface area (Å²) >= 11 is 0. The maximum absolute atomic E-state index is 12.7. The molecule has 0 aliphatic rings. The number of hydrogen-bond donors (Lipinski definition) is 1. The Morgan fingerprint density at radius 3 is 2.62 bits per heavy atom. The largest absolute Gasteiger partial charge is 0.379 e. The number of benzene rings is 2. The highest BCUT2D eigenvalue weighted by atomic mass is 32.2. The fourth-order valence-electron chi connectivity index (χ4n) is 2.29. The molecule has 0 aromatic heterocycles. The second-order valence-corrected chi connectivity index (χ2v) is 7.79. The van der Waals surface area contributed by atoms with E-state index in [1.807, 2.05) is 26.0 Å². The first kappa shape index (κ1) is 19.7. The maximum Gasteiger partial charge on any atom is 0.339 e. The molecular formula is C20H23NO4S. The fourth-order valence-corrected chi connectivity index (χ4v) is 3.32. The molecule has 1 N–H and O–H groups in total. The third-order valence-electron chi connectivity index (χ3n) is 3.87. The van der Waals surface area contributed by atoms with Crippen molar-refractivity contribution >= 4 is 16.0 Å². The molecule has 26 heavy (non-hydrogen) atoms. The summed E-state index contributed by atoms with van der Waals surface area (Å²) in [6.45, 7) is 9.66. The van der Waals surface area contributed by atoms with Gasteiger partial charge in [-0.15, -0.1) is 6.58 Å². The van der Waals surface area contributed by atoms with E-state index in [1.165, 1.54) is 18.2 Å². The van der Waals surface area contributed by atoms with E-state index < -0.39 is 10.1 Å². The van der Waals surface area contributed by atoms with Gasteiger partial charge in [-0.2, -0.15) is 8.42 Å². The van der Waals surface area contributed by atoms with Gasteiger partial charge in [0.1, 0.15) is 10.6 Å². The summed E-state index contributed by atoms with van der Waals surface area (Å²) < 4.78 is 30.7. The molecule has 0 saturated heterocycles. The molecule has 2 aromatic rings. The van der Waals surface area contributed by atoms with E-state index in [0.29, 0.717) is 6.54 Å². The molecular weight excluding hydrogens is 350 g/mol. The summed E-state index contributed by atoms with van der Waals surface area (Å²) in [5, 5.41) is 2.61. The van der Waals surface area contributed by atoms with Gasteiger partial charge in [0.15, 0.2) is 0 Å². The molecule has 1 amide bonds. The van der Waals surface area contributed by atoms with E-state index in [-0.39, 0.29) is 28.0 Å². The van der Waals surface area contributed by atoms with Crippen LogP contribution in [0.3, 0.4) is 0 Å². The predicted octanol–water partition coefficient (Wildman–Crippen LogP) is 3.80. The first-order valence-corrected chi connectivity index (χ1v) is 9.69. The number of nitrogens with one attached hydrogen (secondary N) is 1. The van der Waals surface area contributed by atoms with E-state index in [0.717, 1.165) is 11.1 Å². The molecule has 0 unspecified atom stereocenters. The molecule has 0 radical (unpaired) electrons. The molecule has 0 heterocycles. The minimum atomic E-state index is -4.05. The zero-order valence-electron chi connectivity index (χ0n) is 15.2. The summed E-state index contributed by atoms with van der Waals surface area (Å²) in [7, 11) is -4.05. The normalized spacial score (nSPS) is 11.2. The number of aryl methyl sites for hydroxylation is 1. The molecule has 6 heteroatoms. The van der Waals surface area contributed by atoms with Crippen LogP contribution in [0.25, 0.3) is 0 Å². The van der Waals surface area contributed by atoms with Crippen LogP contribution in [0.4, 0.5) is 0 Å². The average molecular weight is 373 g/mol. The van der Waals surface area contributed by atoms with Crippen LogP contribution in [0.15, 0.2) is 60.0 Å². The van der Waals surface area contributed by atoms with E-state index >= 15 is 0 Å². The van der Waals surface area contributed by atoms with Crippen molar-refractivity contribution in [1.82, 2.24) is 5.32 Å². The predicted molar refractivity (Wildman–Crippen MR) is 102 cm³/mol. The van der Waals surface area contributed by atoms with Crippen LogP contribution in [0.5, 0.6) is 5.75 Å². The van der Waals surface area contributed by atoms with Crippen molar-refractivity contribution in [2.24, 2.45) is 0 Å². The number of carbonyl (C=O) groups excluding carboxylic acids is 1. The lowest BCUT2D eigenvalue weighted by Crippen LogP contribution is -2.23. The number of hydrogen-bond acceptors (Lipinski definition) is 4. The highest BCUT2D eigenvalue weighted by Crippen LogP contribution is 2.27. The zero-order valence-corrected chi connectivity index (χ0v) is 16.0. The summed E-state index contributed by atoms with van der Waals surface area (Å²) in [5.74, 6) is 0.162. The fraction of sp³-hybridized carbons (Fsp3) is 0.250. The quantitative estimate of drug-likeness (QED) is 0.592. The summed E-state index contributed by atoms with van der Waals surface area (Å²) in [6.07, 6.45) is 1.55. The highest BCUT2D eigenvalue weighted by molar-refractivity contribution is 7.87. The first-order valence-electron chi connectivity index (χ1n) is 8.29. The van der Waals surface area contributed by atoms with Crippen molar-refractivity contribution in [3.63, 3.8) is 0 Å². The molecule has 0 aliphatic carbocycles. The maximum atomic E-state index is 12.7. The van der Waals surface area contributed by atoms with Crippen LogP contribution in [0, 0.1) is 6.92 Å². The second-order valence-electron chi connectivity index (χ2n) is 6.24. The molecule has 0 atom stereocenters. The molecule has 138 valence electrons. The van der Waals surface area contributed by atoms with Crippen LogP contribution < -0.4 is 9.50 Å². The van der Waals surface area contributed by atoms with Gasteiger partial charge in [-0.25, -0.2) is 0 Å². The number of rotatable bonds is 7. The standard InChI is InChI=1S/C20H23NO4S/c1-5-11-21-20(22)17-7-6-8-18(12-17)26(23,24)25-19-13-16(14(2)3)10-9-15(19)4/h5-10,12-14H,1,11H2,2-4H3,(H,21,22). The lowest BCUT2D eigenvalue weighted by Gasteiger charge is -2.13. The minimum Gasteiger partial charge on any atom is -0.379 e. The number of carbonyl (C=O) groups is 1. The van der Waals surface area contributed by atoms with Gasteiger partial charge in [0.05, 0.1) is 0 Å². The van der Waals surface area contributed by atoms with Crippen LogP contribution in [-0.2, 0) is 10.1 Å². The molecule has 2 aromatic carbocycles.